The van der Waals surface area contributed by atoms with Crippen molar-refractivity contribution in [3.8, 4) is 0 Å². The van der Waals surface area contributed by atoms with E-state index in [1.165, 1.54) is 23.1 Å². The standard InChI is InChI=1S/C12H13N/c1-7-10-6-11(10)8-4-2-3-5-9(8)12(7)13/h2-5,10-11H,6,13H2,1H3. The maximum Gasteiger partial charge on any atom is 0.0382 e. The fraction of sp³-hybridized carbons (Fsp3) is 0.333. The van der Waals surface area contributed by atoms with Gasteiger partial charge < -0.3 is 5.73 Å². The summed E-state index contributed by atoms with van der Waals surface area (Å²) >= 11 is 0. The third-order valence-corrected chi connectivity index (χ3v) is 3.42. The molecule has 0 radical (unpaired) electrons. The van der Waals surface area contributed by atoms with Crippen LogP contribution in [0.1, 0.15) is 30.4 Å². The molecule has 3 rings (SSSR count). The van der Waals surface area contributed by atoms with Gasteiger partial charge in [-0.25, -0.2) is 0 Å². The van der Waals surface area contributed by atoms with E-state index in [2.05, 4.69) is 31.2 Å². The fourth-order valence-electron chi connectivity index (χ4n) is 2.50. The second-order valence-corrected chi connectivity index (χ2v) is 4.13. The molecule has 0 amide bonds. The van der Waals surface area contributed by atoms with Crippen molar-refractivity contribution in [2.24, 2.45) is 11.7 Å². The summed E-state index contributed by atoms with van der Waals surface area (Å²) in [4.78, 5) is 0. The van der Waals surface area contributed by atoms with Gasteiger partial charge in [-0.1, -0.05) is 24.3 Å². The third-order valence-electron chi connectivity index (χ3n) is 3.42. The topological polar surface area (TPSA) is 26.0 Å². The van der Waals surface area contributed by atoms with Crippen molar-refractivity contribution in [3.63, 3.8) is 0 Å². The second kappa shape index (κ2) is 2.16. The number of allylic oxidation sites excluding steroid dienone is 1. The monoisotopic (exact) mass is 171 g/mol. The van der Waals surface area contributed by atoms with E-state index in [0.29, 0.717) is 0 Å². The summed E-state index contributed by atoms with van der Waals surface area (Å²) < 4.78 is 0. The van der Waals surface area contributed by atoms with E-state index >= 15 is 0 Å². The molecule has 1 aromatic carbocycles. The molecule has 0 bridgehead atoms. The Bertz CT molecular complexity index is 403. The molecule has 13 heavy (non-hydrogen) atoms. The highest BCUT2D eigenvalue weighted by atomic mass is 14.6. The first-order chi connectivity index (χ1) is 6.29. The molecule has 2 N–H and O–H groups in total. The number of rotatable bonds is 0. The van der Waals surface area contributed by atoms with Crippen molar-refractivity contribution in [1.29, 1.82) is 0 Å². The number of hydrogen-bond donors (Lipinski definition) is 1. The largest absolute Gasteiger partial charge is 0.398 e. The molecule has 1 nitrogen and oxygen atoms in total. The lowest BCUT2D eigenvalue weighted by atomic mass is 9.90. The lowest BCUT2D eigenvalue weighted by molar-refractivity contribution is 0.913. The predicted molar refractivity (Wildman–Crippen MR) is 54.1 cm³/mol. The molecule has 66 valence electrons. The van der Waals surface area contributed by atoms with Gasteiger partial charge in [-0.05, 0) is 36.3 Å². The van der Waals surface area contributed by atoms with Crippen LogP contribution in [0.4, 0.5) is 0 Å². The lowest BCUT2D eigenvalue weighted by Gasteiger charge is -2.17. The van der Waals surface area contributed by atoms with Crippen LogP contribution in [-0.4, -0.2) is 0 Å². The molecule has 1 aromatic rings. The molecule has 2 aliphatic carbocycles. The Morgan fingerprint density at radius 3 is 2.85 bits per heavy atom. The summed E-state index contributed by atoms with van der Waals surface area (Å²) in [6.07, 6.45) is 1.31. The van der Waals surface area contributed by atoms with Gasteiger partial charge in [0.1, 0.15) is 0 Å². The highest BCUT2D eigenvalue weighted by molar-refractivity contribution is 5.73. The molecule has 1 fully saturated rings. The highest BCUT2D eigenvalue weighted by Gasteiger charge is 2.44. The summed E-state index contributed by atoms with van der Waals surface area (Å²) in [5, 5.41) is 0. The van der Waals surface area contributed by atoms with Crippen LogP contribution in [0.5, 0.6) is 0 Å². The minimum absolute atomic E-state index is 0.759. The summed E-state index contributed by atoms with van der Waals surface area (Å²) in [5.74, 6) is 1.54. The van der Waals surface area contributed by atoms with Gasteiger partial charge in [0, 0.05) is 11.3 Å². The minimum Gasteiger partial charge on any atom is -0.398 e. The zero-order valence-corrected chi connectivity index (χ0v) is 7.75. The first kappa shape index (κ1) is 7.19. The second-order valence-electron chi connectivity index (χ2n) is 4.13. The smallest absolute Gasteiger partial charge is 0.0382 e. The zero-order valence-electron chi connectivity index (χ0n) is 7.75. The highest BCUT2D eigenvalue weighted by Crippen LogP contribution is 2.57. The molecule has 1 saturated carbocycles. The van der Waals surface area contributed by atoms with Crippen LogP contribution in [0.3, 0.4) is 0 Å². The zero-order chi connectivity index (χ0) is 9.00. The molecule has 0 heterocycles. The van der Waals surface area contributed by atoms with E-state index in [4.69, 9.17) is 5.73 Å². The Morgan fingerprint density at radius 1 is 1.23 bits per heavy atom. The van der Waals surface area contributed by atoms with E-state index in [0.717, 1.165) is 17.5 Å². The summed E-state index contributed by atoms with van der Waals surface area (Å²) in [6.45, 7) is 2.18. The van der Waals surface area contributed by atoms with Crippen molar-refractivity contribution in [1.82, 2.24) is 0 Å². The summed E-state index contributed by atoms with van der Waals surface area (Å²) in [6, 6.07) is 8.55. The lowest BCUT2D eigenvalue weighted by Crippen LogP contribution is -2.08. The molecule has 0 saturated heterocycles. The van der Waals surface area contributed by atoms with Crippen molar-refractivity contribution in [2.45, 2.75) is 19.3 Å². The Balaban J connectivity index is 2.28. The number of benzene rings is 1. The Morgan fingerprint density at radius 2 is 2.00 bits per heavy atom. The maximum absolute atomic E-state index is 6.09. The first-order valence-electron chi connectivity index (χ1n) is 4.84. The third kappa shape index (κ3) is 0.819. The molecule has 2 atom stereocenters. The maximum atomic E-state index is 6.09. The van der Waals surface area contributed by atoms with Crippen molar-refractivity contribution < 1.29 is 0 Å². The van der Waals surface area contributed by atoms with Gasteiger partial charge in [0.25, 0.3) is 0 Å². The predicted octanol–water partition coefficient (Wildman–Crippen LogP) is 2.49. The van der Waals surface area contributed by atoms with Crippen molar-refractivity contribution in [3.05, 3.63) is 41.0 Å². The number of nitrogens with two attached hydrogens (primary N) is 1. The van der Waals surface area contributed by atoms with E-state index in [-0.39, 0.29) is 0 Å². The van der Waals surface area contributed by atoms with Gasteiger partial charge in [-0.3, -0.25) is 0 Å². The van der Waals surface area contributed by atoms with Crippen LogP contribution >= 0.6 is 0 Å². The van der Waals surface area contributed by atoms with E-state index in [9.17, 15) is 0 Å². The molecule has 2 aliphatic rings. The fourth-order valence-corrected chi connectivity index (χ4v) is 2.50. The Kier molecular flexibility index (Phi) is 1.20. The average molecular weight is 171 g/mol. The van der Waals surface area contributed by atoms with Gasteiger partial charge in [0.15, 0.2) is 0 Å². The van der Waals surface area contributed by atoms with Crippen molar-refractivity contribution in [2.75, 3.05) is 0 Å². The normalized spacial score (nSPS) is 29.6. The van der Waals surface area contributed by atoms with E-state index in [1.54, 1.807) is 0 Å². The van der Waals surface area contributed by atoms with Crippen LogP contribution < -0.4 is 5.73 Å². The van der Waals surface area contributed by atoms with Gasteiger partial charge in [-0.2, -0.15) is 0 Å². The van der Waals surface area contributed by atoms with Gasteiger partial charge in [0.05, 0.1) is 0 Å². The number of hydrogen-bond acceptors (Lipinski definition) is 1. The van der Waals surface area contributed by atoms with Gasteiger partial charge in [-0.15, -0.1) is 0 Å². The molecule has 1 heteroatoms. The molecular formula is C12H13N. The van der Waals surface area contributed by atoms with Crippen LogP contribution in [0.15, 0.2) is 29.8 Å². The Labute approximate surface area is 78.3 Å². The SMILES string of the molecule is CC1=C(N)c2ccccc2C2CC12. The van der Waals surface area contributed by atoms with Gasteiger partial charge >= 0.3 is 0 Å². The average Bonchev–Trinajstić information content (AvgIpc) is 2.94. The van der Waals surface area contributed by atoms with Crippen LogP contribution in [0.25, 0.3) is 5.70 Å². The van der Waals surface area contributed by atoms with Crippen LogP contribution in [0.2, 0.25) is 0 Å². The van der Waals surface area contributed by atoms with E-state index in [1.807, 2.05) is 0 Å². The van der Waals surface area contributed by atoms with Crippen molar-refractivity contribution >= 4 is 5.70 Å². The molecule has 2 unspecified atom stereocenters. The Hall–Kier alpha value is -1.24. The van der Waals surface area contributed by atoms with Crippen LogP contribution in [0, 0.1) is 5.92 Å². The molecule has 0 aromatic heterocycles. The van der Waals surface area contributed by atoms with Gasteiger partial charge in [0.2, 0.25) is 0 Å². The quantitative estimate of drug-likeness (QED) is 0.637. The first-order valence-corrected chi connectivity index (χ1v) is 4.84. The summed E-state index contributed by atoms with van der Waals surface area (Å²) in [5.41, 5.74) is 11.3. The van der Waals surface area contributed by atoms with E-state index < -0.39 is 0 Å². The molecule has 0 aliphatic heterocycles. The number of fused-ring (bicyclic) bond motifs is 3. The molecular weight excluding hydrogens is 158 g/mol. The minimum atomic E-state index is 0.759. The van der Waals surface area contributed by atoms with Crippen LogP contribution in [-0.2, 0) is 0 Å². The molecule has 0 spiro atoms. The summed E-state index contributed by atoms with van der Waals surface area (Å²) in [7, 11) is 0.